The Balaban J connectivity index is 2.27. The summed E-state index contributed by atoms with van der Waals surface area (Å²) in [5, 5.41) is 8.96. The number of benzene rings is 1. The molecular formula is C12H13N3O2. The van der Waals surface area contributed by atoms with E-state index in [2.05, 4.69) is 9.97 Å². The summed E-state index contributed by atoms with van der Waals surface area (Å²) in [6.45, 7) is 0.0658. The summed E-state index contributed by atoms with van der Waals surface area (Å²) in [4.78, 5) is 7.89. The van der Waals surface area contributed by atoms with Crippen LogP contribution >= 0.6 is 0 Å². The number of ether oxygens (including phenoxy) is 1. The maximum absolute atomic E-state index is 8.96. The quantitative estimate of drug-likeness (QED) is 0.830. The molecule has 2 aromatic rings. The molecule has 1 heterocycles. The molecule has 0 saturated heterocycles. The van der Waals surface area contributed by atoms with E-state index in [1.165, 1.54) is 12.4 Å². The fraction of sp³-hybridized carbons (Fsp3) is 0.167. The fourth-order valence-corrected chi connectivity index (χ4v) is 1.45. The van der Waals surface area contributed by atoms with Gasteiger partial charge in [0, 0.05) is 19.0 Å². The van der Waals surface area contributed by atoms with E-state index in [1.54, 1.807) is 6.07 Å². The zero-order valence-corrected chi connectivity index (χ0v) is 9.21. The van der Waals surface area contributed by atoms with Crippen LogP contribution in [0, 0.1) is 0 Å². The molecule has 0 spiro atoms. The van der Waals surface area contributed by atoms with Gasteiger partial charge in [0.2, 0.25) is 0 Å². The van der Waals surface area contributed by atoms with Gasteiger partial charge in [-0.1, -0.05) is 18.2 Å². The molecular weight excluding hydrogens is 218 g/mol. The van der Waals surface area contributed by atoms with Crippen molar-refractivity contribution in [1.29, 1.82) is 0 Å². The molecule has 0 atom stereocenters. The fourth-order valence-electron chi connectivity index (χ4n) is 1.45. The zero-order valence-electron chi connectivity index (χ0n) is 9.21. The Bertz CT molecular complexity index is 503. The maximum atomic E-state index is 8.96. The Labute approximate surface area is 98.9 Å². The summed E-state index contributed by atoms with van der Waals surface area (Å²) in [6.07, 6.45) is 3.54. The highest BCUT2D eigenvalue weighted by Crippen LogP contribution is 2.26. The molecule has 0 saturated carbocycles. The minimum atomic E-state index is 0.0658. The molecule has 2 rings (SSSR count). The number of nitrogen functional groups attached to an aromatic ring is 1. The highest BCUT2D eigenvalue weighted by Gasteiger charge is 2.07. The molecule has 1 aromatic carbocycles. The molecule has 3 N–H and O–H groups in total. The number of hydrogen-bond acceptors (Lipinski definition) is 5. The van der Waals surface area contributed by atoms with Crippen LogP contribution in [0.4, 0.5) is 5.82 Å². The van der Waals surface area contributed by atoms with Crippen molar-refractivity contribution >= 4 is 5.82 Å². The maximum Gasteiger partial charge on any atom is 0.262 e. The lowest BCUT2D eigenvalue weighted by Gasteiger charge is -2.10. The first-order valence-electron chi connectivity index (χ1n) is 5.24. The van der Waals surface area contributed by atoms with Crippen LogP contribution in [0.3, 0.4) is 0 Å². The van der Waals surface area contributed by atoms with Crippen molar-refractivity contribution in [3.05, 3.63) is 42.2 Å². The van der Waals surface area contributed by atoms with Crippen molar-refractivity contribution in [2.45, 2.75) is 6.42 Å². The molecule has 0 bridgehead atoms. The summed E-state index contributed by atoms with van der Waals surface area (Å²) in [7, 11) is 0. The molecule has 0 unspecified atom stereocenters. The molecule has 0 radical (unpaired) electrons. The number of anilines is 1. The standard InChI is InChI=1S/C12H13N3O2/c13-11-12(15-7-6-14-11)17-10-4-2-1-3-9(10)5-8-16/h1-4,6-7,16H,5,8H2,(H2,13,14). The van der Waals surface area contributed by atoms with Gasteiger partial charge in [0.05, 0.1) is 0 Å². The smallest absolute Gasteiger partial charge is 0.262 e. The van der Waals surface area contributed by atoms with E-state index in [1.807, 2.05) is 18.2 Å². The van der Waals surface area contributed by atoms with Crippen LogP contribution in [-0.4, -0.2) is 21.7 Å². The van der Waals surface area contributed by atoms with Crippen molar-refractivity contribution in [2.24, 2.45) is 0 Å². The second-order valence-electron chi connectivity index (χ2n) is 3.43. The van der Waals surface area contributed by atoms with Crippen LogP contribution in [-0.2, 0) is 6.42 Å². The molecule has 5 nitrogen and oxygen atoms in total. The average Bonchev–Trinajstić information content (AvgIpc) is 2.35. The lowest BCUT2D eigenvalue weighted by Crippen LogP contribution is -2.00. The van der Waals surface area contributed by atoms with Crippen LogP contribution in [0.5, 0.6) is 11.6 Å². The second-order valence-corrected chi connectivity index (χ2v) is 3.43. The van der Waals surface area contributed by atoms with Gasteiger partial charge in [-0.3, -0.25) is 0 Å². The number of nitrogens with zero attached hydrogens (tertiary/aromatic N) is 2. The zero-order chi connectivity index (χ0) is 12.1. The minimum Gasteiger partial charge on any atom is -0.436 e. The number of para-hydroxylation sites is 1. The van der Waals surface area contributed by atoms with Gasteiger partial charge < -0.3 is 15.6 Å². The van der Waals surface area contributed by atoms with E-state index >= 15 is 0 Å². The minimum absolute atomic E-state index is 0.0658. The Morgan fingerprint density at radius 3 is 2.71 bits per heavy atom. The summed E-state index contributed by atoms with van der Waals surface area (Å²) < 4.78 is 5.58. The van der Waals surface area contributed by atoms with Crippen molar-refractivity contribution in [3.63, 3.8) is 0 Å². The van der Waals surface area contributed by atoms with E-state index in [0.29, 0.717) is 12.2 Å². The summed E-state index contributed by atoms with van der Waals surface area (Å²) in [5.74, 6) is 1.15. The van der Waals surface area contributed by atoms with Gasteiger partial charge in [-0.25, -0.2) is 9.97 Å². The monoisotopic (exact) mass is 231 g/mol. The SMILES string of the molecule is Nc1nccnc1Oc1ccccc1CCO. The highest BCUT2D eigenvalue weighted by atomic mass is 16.5. The van der Waals surface area contributed by atoms with E-state index in [0.717, 1.165) is 5.56 Å². The first-order valence-corrected chi connectivity index (χ1v) is 5.24. The largest absolute Gasteiger partial charge is 0.436 e. The van der Waals surface area contributed by atoms with Gasteiger partial charge in [0.25, 0.3) is 5.88 Å². The number of aliphatic hydroxyl groups excluding tert-OH is 1. The van der Waals surface area contributed by atoms with Crippen molar-refractivity contribution in [2.75, 3.05) is 12.3 Å². The normalized spacial score (nSPS) is 10.2. The molecule has 0 amide bonds. The van der Waals surface area contributed by atoms with Crippen LogP contribution in [0.25, 0.3) is 0 Å². The van der Waals surface area contributed by atoms with Crippen molar-refractivity contribution in [3.8, 4) is 11.6 Å². The van der Waals surface area contributed by atoms with Crippen LogP contribution in [0.15, 0.2) is 36.7 Å². The lowest BCUT2D eigenvalue weighted by atomic mass is 10.1. The van der Waals surface area contributed by atoms with Gasteiger partial charge in [-0.05, 0) is 18.1 Å². The van der Waals surface area contributed by atoms with Crippen molar-refractivity contribution in [1.82, 2.24) is 9.97 Å². The highest BCUT2D eigenvalue weighted by molar-refractivity contribution is 5.44. The third kappa shape index (κ3) is 2.70. The van der Waals surface area contributed by atoms with Gasteiger partial charge >= 0.3 is 0 Å². The Morgan fingerprint density at radius 1 is 1.18 bits per heavy atom. The average molecular weight is 231 g/mol. The first kappa shape index (κ1) is 11.3. The van der Waals surface area contributed by atoms with E-state index < -0.39 is 0 Å². The lowest BCUT2D eigenvalue weighted by molar-refractivity contribution is 0.297. The summed E-state index contributed by atoms with van der Waals surface area (Å²) in [5.41, 5.74) is 6.55. The van der Waals surface area contributed by atoms with E-state index in [-0.39, 0.29) is 18.3 Å². The van der Waals surface area contributed by atoms with E-state index in [9.17, 15) is 0 Å². The van der Waals surface area contributed by atoms with E-state index in [4.69, 9.17) is 15.6 Å². The molecule has 0 aliphatic heterocycles. The molecule has 0 aliphatic carbocycles. The second kappa shape index (κ2) is 5.27. The van der Waals surface area contributed by atoms with Crippen LogP contribution in [0.1, 0.15) is 5.56 Å². The van der Waals surface area contributed by atoms with Gasteiger partial charge in [-0.15, -0.1) is 0 Å². The topological polar surface area (TPSA) is 81.3 Å². The predicted molar refractivity (Wildman–Crippen MR) is 63.8 cm³/mol. The number of aromatic nitrogens is 2. The Kier molecular flexibility index (Phi) is 3.52. The summed E-state index contributed by atoms with van der Waals surface area (Å²) in [6, 6.07) is 7.43. The van der Waals surface area contributed by atoms with Gasteiger partial charge in [0.15, 0.2) is 5.82 Å². The molecule has 0 fully saturated rings. The van der Waals surface area contributed by atoms with Crippen molar-refractivity contribution < 1.29 is 9.84 Å². The van der Waals surface area contributed by atoms with Gasteiger partial charge in [-0.2, -0.15) is 0 Å². The summed E-state index contributed by atoms with van der Waals surface area (Å²) >= 11 is 0. The Hall–Kier alpha value is -2.14. The van der Waals surface area contributed by atoms with Crippen LogP contribution < -0.4 is 10.5 Å². The molecule has 88 valence electrons. The molecule has 17 heavy (non-hydrogen) atoms. The first-order chi connectivity index (χ1) is 8.31. The number of nitrogens with two attached hydrogens (primary N) is 1. The third-order valence-corrected chi connectivity index (χ3v) is 2.25. The third-order valence-electron chi connectivity index (χ3n) is 2.25. The molecule has 0 aliphatic rings. The van der Waals surface area contributed by atoms with Gasteiger partial charge in [0.1, 0.15) is 5.75 Å². The molecule has 1 aromatic heterocycles. The number of rotatable bonds is 4. The number of hydrogen-bond donors (Lipinski definition) is 2. The number of aliphatic hydroxyl groups is 1. The Morgan fingerprint density at radius 2 is 1.94 bits per heavy atom. The predicted octanol–water partition coefficient (Wildman–Crippen LogP) is 1.39. The van der Waals surface area contributed by atoms with Crippen LogP contribution in [0.2, 0.25) is 0 Å². The molecule has 5 heteroatoms.